The zero-order chi connectivity index (χ0) is 18.5. The fourth-order valence-corrected chi connectivity index (χ4v) is 2.90. The van der Waals surface area contributed by atoms with Gasteiger partial charge >= 0.3 is 0 Å². The number of anilines is 1. The predicted octanol–water partition coefficient (Wildman–Crippen LogP) is 2.91. The van der Waals surface area contributed by atoms with E-state index in [-0.39, 0.29) is 11.6 Å². The molecule has 3 rings (SSSR count). The second-order valence-electron chi connectivity index (χ2n) is 6.40. The number of hydrogen-bond acceptors (Lipinski definition) is 5. The molecule has 2 heterocycles. The van der Waals surface area contributed by atoms with Crippen LogP contribution in [0.3, 0.4) is 0 Å². The van der Waals surface area contributed by atoms with Crippen LogP contribution in [0.2, 0.25) is 6.82 Å². The van der Waals surface area contributed by atoms with Gasteiger partial charge in [-0.25, -0.2) is 24.3 Å². The van der Waals surface area contributed by atoms with Crippen LogP contribution in [0.15, 0.2) is 49.1 Å². The van der Waals surface area contributed by atoms with Crippen molar-refractivity contribution in [2.45, 2.75) is 19.1 Å². The van der Waals surface area contributed by atoms with Gasteiger partial charge in [0.15, 0.2) is 11.6 Å². The van der Waals surface area contributed by atoms with Gasteiger partial charge in [-0.05, 0) is 41.6 Å². The lowest BCUT2D eigenvalue weighted by Gasteiger charge is -2.19. The van der Waals surface area contributed by atoms with E-state index in [1.165, 1.54) is 0 Å². The van der Waals surface area contributed by atoms with Gasteiger partial charge in [-0.3, -0.25) is 0 Å². The van der Waals surface area contributed by atoms with Gasteiger partial charge in [-0.1, -0.05) is 12.9 Å². The van der Waals surface area contributed by atoms with E-state index in [0.717, 1.165) is 24.8 Å². The predicted molar refractivity (Wildman–Crippen MR) is 103 cm³/mol. The Kier molecular flexibility index (Phi) is 5.56. The van der Waals surface area contributed by atoms with E-state index in [1.54, 1.807) is 29.4 Å². The average molecular weight is 349 g/mol. The molecule has 0 amide bonds. The van der Waals surface area contributed by atoms with Gasteiger partial charge in [0.1, 0.15) is 13.1 Å². The van der Waals surface area contributed by atoms with Crippen LogP contribution in [0.1, 0.15) is 16.9 Å². The molecule has 0 spiro atoms. The summed E-state index contributed by atoms with van der Waals surface area (Å²) in [4.78, 5) is 18.9. The Bertz CT molecular complexity index is 856. The van der Waals surface area contributed by atoms with Gasteiger partial charge in [0, 0.05) is 38.9 Å². The number of rotatable bonds is 6. The van der Waals surface area contributed by atoms with Gasteiger partial charge in [0.2, 0.25) is 0 Å². The van der Waals surface area contributed by atoms with Crippen LogP contribution in [-0.2, 0) is 6.42 Å². The first kappa shape index (κ1) is 18.0. The molecule has 1 aromatic carbocycles. The monoisotopic (exact) mass is 349 g/mol. The fraction of sp³-hybridized carbons (Fsp3) is 0.263. The van der Waals surface area contributed by atoms with Crippen LogP contribution >= 0.6 is 0 Å². The van der Waals surface area contributed by atoms with E-state index < -0.39 is 0 Å². The molecule has 0 saturated heterocycles. The molecule has 3 aromatic rings. The van der Waals surface area contributed by atoms with Crippen LogP contribution in [0, 0.1) is 5.82 Å². The summed E-state index contributed by atoms with van der Waals surface area (Å²) in [5, 5.41) is 0. The lowest BCUT2D eigenvalue weighted by molar-refractivity contribution is 0.625. The van der Waals surface area contributed by atoms with Crippen molar-refractivity contribution >= 4 is 13.0 Å². The summed E-state index contributed by atoms with van der Waals surface area (Å²) in [6.07, 6.45) is 7.77. The highest BCUT2D eigenvalue weighted by molar-refractivity contribution is 6.36. The summed E-state index contributed by atoms with van der Waals surface area (Å²) >= 11 is 0. The first-order chi connectivity index (χ1) is 12.6. The molecule has 0 aliphatic heterocycles. The normalized spacial score (nSPS) is 11.8. The Morgan fingerprint density at radius 3 is 2.31 bits per heavy atom. The molecule has 2 aromatic heterocycles. The zero-order valence-electron chi connectivity index (χ0n) is 15.2. The third kappa shape index (κ3) is 4.04. The second kappa shape index (κ2) is 8.04. The maximum absolute atomic E-state index is 13.9. The molecule has 0 aliphatic rings. The lowest BCUT2D eigenvalue weighted by atomic mass is 9.61. The molecular weight excluding hydrogens is 328 g/mol. The standard InChI is InChI=1S/C19H21BFN5/c1-20-15(14-5-6-16(21)17(10-14)26(2)3)9-13-11-24-19(25-12-13)18-22-7-4-8-23-18/h4-8,10-12,15,20H,9H2,1-3H3. The number of benzene rings is 1. The van der Waals surface area contributed by atoms with E-state index in [1.807, 2.05) is 38.6 Å². The van der Waals surface area contributed by atoms with Crippen LogP contribution in [0.4, 0.5) is 10.1 Å². The molecule has 0 radical (unpaired) electrons. The van der Waals surface area contributed by atoms with Crippen LogP contribution in [0.5, 0.6) is 0 Å². The van der Waals surface area contributed by atoms with Gasteiger partial charge in [0.25, 0.3) is 0 Å². The third-order valence-electron chi connectivity index (χ3n) is 4.37. The second-order valence-corrected chi connectivity index (χ2v) is 6.40. The van der Waals surface area contributed by atoms with Crippen molar-refractivity contribution in [1.29, 1.82) is 0 Å². The summed E-state index contributed by atoms with van der Waals surface area (Å²) < 4.78 is 13.9. The van der Waals surface area contributed by atoms with E-state index in [4.69, 9.17) is 0 Å². The minimum absolute atomic E-state index is 0.204. The van der Waals surface area contributed by atoms with Crippen molar-refractivity contribution in [3.05, 3.63) is 66.0 Å². The number of hydrogen-bond donors (Lipinski definition) is 0. The van der Waals surface area contributed by atoms with Gasteiger partial charge in [-0.15, -0.1) is 0 Å². The zero-order valence-corrected chi connectivity index (χ0v) is 15.2. The Morgan fingerprint density at radius 1 is 1.04 bits per heavy atom. The molecule has 132 valence electrons. The smallest absolute Gasteiger partial charge is 0.197 e. The van der Waals surface area contributed by atoms with E-state index >= 15 is 0 Å². The molecule has 0 aliphatic carbocycles. The Labute approximate surface area is 153 Å². The van der Waals surface area contributed by atoms with Crippen molar-refractivity contribution < 1.29 is 4.39 Å². The quantitative estimate of drug-likeness (QED) is 0.641. The Morgan fingerprint density at radius 2 is 1.69 bits per heavy atom. The maximum atomic E-state index is 13.9. The van der Waals surface area contributed by atoms with Crippen molar-refractivity contribution in [2.75, 3.05) is 19.0 Å². The molecule has 5 nitrogen and oxygen atoms in total. The molecule has 0 saturated carbocycles. The summed E-state index contributed by atoms with van der Waals surface area (Å²) in [5.74, 6) is 1.10. The van der Waals surface area contributed by atoms with Crippen molar-refractivity contribution in [2.24, 2.45) is 0 Å². The topological polar surface area (TPSA) is 54.8 Å². The average Bonchev–Trinajstić information content (AvgIpc) is 2.67. The molecule has 0 fully saturated rings. The molecule has 1 atom stereocenters. The van der Waals surface area contributed by atoms with Crippen molar-refractivity contribution in [3.63, 3.8) is 0 Å². The van der Waals surface area contributed by atoms with E-state index in [0.29, 0.717) is 17.3 Å². The van der Waals surface area contributed by atoms with Crippen molar-refractivity contribution in [1.82, 2.24) is 19.9 Å². The van der Waals surface area contributed by atoms with Crippen LogP contribution < -0.4 is 4.90 Å². The Balaban J connectivity index is 1.79. The lowest BCUT2D eigenvalue weighted by Crippen LogP contribution is -2.14. The summed E-state index contributed by atoms with van der Waals surface area (Å²) in [5.41, 5.74) is 2.76. The summed E-state index contributed by atoms with van der Waals surface area (Å²) in [6.45, 7) is 2.14. The minimum atomic E-state index is -0.204. The number of nitrogens with zero attached hydrogens (tertiary/aromatic N) is 5. The molecule has 0 N–H and O–H groups in total. The third-order valence-corrected chi connectivity index (χ3v) is 4.37. The van der Waals surface area contributed by atoms with E-state index in [9.17, 15) is 4.39 Å². The van der Waals surface area contributed by atoms with Crippen LogP contribution in [0.25, 0.3) is 11.6 Å². The fourth-order valence-electron chi connectivity index (χ4n) is 2.90. The summed E-state index contributed by atoms with van der Waals surface area (Å²) in [7, 11) is 4.64. The SMILES string of the molecule is CBC(Cc1cnc(-c2ncccn2)nc1)c1ccc(F)c(N(C)C)c1. The molecule has 7 heteroatoms. The highest BCUT2D eigenvalue weighted by atomic mass is 19.1. The first-order valence-electron chi connectivity index (χ1n) is 8.63. The van der Waals surface area contributed by atoms with Crippen molar-refractivity contribution in [3.8, 4) is 11.6 Å². The maximum Gasteiger partial charge on any atom is 0.197 e. The van der Waals surface area contributed by atoms with Gasteiger partial charge in [0.05, 0.1) is 5.69 Å². The number of halogens is 1. The molecule has 0 bridgehead atoms. The van der Waals surface area contributed by atoms with Gasteiger partial charge < -0.3 is 4.90 Å². The van der Waals surface area contributed by atoms with E-state index in [2.05, 4.69) is 26.8 Å². The summed E-state index contributed by atoms with van der Waals surface area (Å²) in [6, 6.07) is 7.09. The Hall–Kier alpha value is -2.83. The first-order valence-corrected chi connectivity index (χ1v) is 8.63. The molecular formula is C19H21BFN5. The highest BCUT2D eigenvalue weighted by Crippen LogP contribution is 2.26. The van der Waals surface area contributed by atoms with Gasteiger partial charge in [-0.2, -0.15) is 0 Å². The number of aromatic nitrogens is 4. The minimum Gasteiger partial charge on any atom is -0.375 e. The van der Waals surface area contributed by atoms with Crippen LogP contribution in [-0.4, -0.2) is 41.3 Å². The molecule has 1 unspecified atom stereocenters. The molecule has 26 heavy (non-hydrogen) atoms. The largest absolute Gasteiger partial charge is 0.375 e. The highest BCUT2D eigenvalue weighted by Gasteiger charge is 2.15.